The number of hydrogen-bond donors (Lipinski definition) is 1. The van der Waals surface area contributed by atoms with Gasteiger partial charge in [0, 0.05) is 37.6 Å². The molecule has 1 aromatic carbocycles. The van der Waals surface area contributed by atoms with Crippen molar-refractivity contribution in [2.24, 2.45) is 7.05 Å². The van der Waals surface area contributed by atoms with E-state index in [1.165, 1.54) is 12.8 Å². The summed E-state index contributed by atoms with van der Waals surface area (Å²) in [5.74, 6) is 1.61. The summed E-state index contributed by atoms with van der Waals surface area (Å²) in [7, 11) is 1.91. The Bertz CT molecular complexity index is 765. The molecule has 3 aromatic rings. The predicted molar refractivity (Wildman–Crippen MR) is 80.5 cm³/mol. The van der Waals surface area contributed by atoms with Crippen LogP contribution in [0.15, 0.2) is 30.6 Å². The first kappa shape index (κ1) is 12.5. The molecule has 0 bridgehead atoms. The second-order valence-electron chi connectivity index (χ2n) is 5.58. The van der Waals surface area contributed by atoms with Crippen LogP contribution in [0.1, 0.15) is 24.6 Å². The third-order valence-electron chi connectivity index (χ3n) is 4.20. The first-order chi connectivity index (χ1) is 10.3. The molecule has 2 aromatic heterocycles. The number of imidazole rings is 1. The van der Waals surface area contributed by atoms with E-state index in [2.05, 4.69) is 43.4 Å². The zero-order valence-corrected chi connectivity index (χ0v) is 12.0. The lowest BCUT2D eigenvalue weighted by Crippen LogP contribution is -2.29. The number of benzene rings is 1. The number of hydrogen-bond acceptors (Lipinski definition) is 4. The zero-order valence-electron chi connectivity index (χ0n) is 12.0. The van der Waals surface area contributed by atoms with Crippen molar-refractivity contribution in [2.75, 3.05) is 13.1 Å². The highest BCUT2D eigenvalue weighted by molar-refractivity contribution is 5.76. The van der Waals surface area contributed by atoms with Gasteiger partial charge in [0.05, 0.1) is 5.52 Å². The normalized spacial score (nSPS) is 19.2. The van der Waals surface area contributed by atoms with E-state index in [0.29, 0.717) is 5.92 Å². The summed E-state index contributed by atoms with van der Waals surface area (Å²) in [6.45, 7) is 2.12. The molecule has 0 amide bonds. The first-order valence-electron chi connectivity index (χ1n) is 7.37. The zero-order chi connectivity index (χ0) is 14.2. The van der Waals surface area contributed by atoms with E-state index in [-0.39, 0.29) is 0 Å². The summed E-state index contributed by atoms with van der Waals surface area (Å²) in [6, 6.07) is 6.24. The Kier molecular flexibility index (Phi) is 2.96. The van der Waals surface area contributed by atoms with Crippen LogP contribution in [0.4, 0.5) is 0 Å². The van der Waals surface area contributed by atoms with Crippen molar-refractivity contribution in [3.63, 3.8) is 0 Å². The van der Waals surface area contributed by atoms with Crippen LogP contribution in [0.2, 0.25) is 0 Å². The molecule has 0 saturated carbocycles. The van der Waals surface area contributed by atoms with E-state index in [1.807, 2.05) is 19.4 Å². The summed E-state index contributed by atoms with van der Waals surface area (Å²) >= 11 is 0. The molecule has 0 spiro atoms. The summed E-state index contributed by atoms with van der Waals surface area (Å²) in [6.07, 6.45) is 6.31. The van der Waals surface area contributed by atoms with Gasteiger partial charge in [-0.3, -0.25) is 0 Å². The SMILES string of the molecule is Cn1nnc2cc(-n3ccnc3C3CCCNC3)ccc21. The molecule has 1 N–H and O–H groups in total. The quantitative estimate of drug-likeness (QED) is 0.776. The molecule has 1 unspecified atom stereocenters. The Morgan fingerprint density at radius 3 is 3.14 bits per heavy atom. The molecule has 1 saturated heterocycles. The van der Waals surface area contributed by atoms with Gasteiger partial charge >= 0.3 is 0 Å². The Hall–Kier alpha value is -2.21. The standard InChI is InChI=1S/C15H18N6/c1-20-14-5-4-12(9-13(14)18-19-20)21-8-7-17-15(21)11-3-2-6-16-10-11/h4-5,7-9,11,16H,2-3,6,10H2,1H3. The van der Waals surface area contributed by atoms with E-state index >= 15 is 0 Å². The summed E-state index contributed by atoms with van der Waals surface area (Å²) in [5, 5.41) is 11.7. The van der Waals surface area contributed by atoms with Crippen molar-refractivity contribution in [1.29, 1.82) is 0 Å². The summed E-state index contributed by atoms with van der Waals surface area (Å²) < 4.78 is 3.96. The molecule has 0 radical (unpaired) electrons. The van der Waals surface area contributed by atoms with Crippen LogP contribution in [-0.2, 0) is 7.05 Å². The van der Waals surface area contributed by atoms with Crippen molar-refractivity contribution >= 4 is 11.0 Å². The van der Waals surface area contributed by atoms with Crippen molar-refractivity contribution < 1.29 is 0 Å². The average Bonchev–Trinajstić information content (AvgIpc) is 3.15. The lowest BCUT2D eigenvalue weighted by molar-refractivity contribution is 0.443. The van der Waals surface area contributed by atoms with Crippen molar-refractivity contribution in [1.82, 2.24) is 29.9 Å². The van der Waals surface area contributed by atoms with Crippen LogP contribution in [0, 0.1) is 0 Å². The Morgan fingerprint density at radius 2 is 2.29 bits per heavy atom. The fourth-order valence-corrected chi connectivity index (χ4v) is 3.09. The molecule has 3 heterocycles. The van der Waals surface area contributed by atoms with Gasteiger partial charge in [-0.1, -0.05) is 5.21 Å². The van der Waals surface area contributed by atoms with Gasteiger partial charge in [0.2, 0.25) is 0 Å². The fourth-order valence-electron chi connectivity index (χ4n) is 3.09. The number of nitrogens with one attached hydrogen (secondary N) is 1. The second-order valence-corrected chi connectivity index (χ2v) is 5.58. The minimum absolute atomic E-state index is 0.478. The number of rotatable bonds is 2. The van der Waals surface area contributed by atoms with Gasteiger partial charge in [-0.15, -0.1) is 5.10 Å². The van der Waals surface area contributed by atoms with Crippen LogP contribution in [-0.4, -0.2) is 37.6 Å². The van der Waals surface area contributed by atoms with E-state index in [9.17, 15) is 0 Å². The van der Waals surface area contributed by atoms with Crippen LogP contribution < -0.4 is 5.32 Å². The average molecular weight is 282 g/mol. The van der Waals surface area contributed by atoms with Crippen molar-refractivity contribution in [2.45, 2.75) is 18.8 Å². The summed E-state index contributed by atoms with van der Waals surface area (Å²) in [4.78, 5) is 4.58. The molecule has 1 fully saturated rings. The lowest BCUT2D eigenvalue weighted by atomic mass is 9.99. The van der Waals surface area contributed by atoms with Crippen LogP contribution in [0.25, 0.3) is 16.7 Å². The maximum atomic E-state index is 4.58. The second kappa shape index (κ2) is 4.96. The number of aryl methyl sites for hydroxylation is 1. The summed E-state index contributed by atoms with van der Waals surface area (Å²) in [5.41, 5.74) is 3.05. The number of nitrogens with zero attached hydrogens (tertiary/aromatic N) is 5. The lowest BCUT2D eigenvalue weighted by Gasteiger charge is -2.23. The Morgan fingerprint density at radius 1 is 1.33 bits per heavy atom. The Balaban J connectivity index is 1.76. The van der Waals surface area contributed by atoms with Crippen LogP contribution >= 0.6 is 0 Å². The van der Waals surface area contributed by atoms with Crippen molar-refractivity contribution in [3.8, 4) is 5.69 Å². The molecular formula is C15H18N6. The molecule has 1 aliphatic rings. The predicted octanol–water partition coefficient (Wildman–Crippen LogP) is 1.62. The molecule has 4 rings (SSSR count). The fraction of sp³-hybridized carbons (Fsp3) is 0.400. The maximum Gasteiger partial charge on any atom is 0.117 e. The number of fused-ring (bicyclic) bond motifs is 1. The smallest absolute Gasteiger partial charge is 0.117 e. The minimum Gasteiger partial charge on any atom is -0.316 e. The molecular weight excluding hydrogens is 264 g/mol. The highest BCUT2D eigenvalue weighted by Crippen LogP contribution is 2.25. The van der Waals surface area contributed by atoms with Gasteiger partial charge in [-0.25, -0.2) is 9.67 Å². The van der Waals surface area contributed by atoms with E-state index in [4.69, 9.17) is 0 Å². The third-order valence-corrected chi connectivity index (χ3v) is 4.20. The van der Waals surface area contributed by atoms with Gasteiger partial charge in [-0.2, -0.15) is 0 Å². The molecule has 6 heteroatoms. The van der Waals surface area contributed by atoms with Gasteiger partial charge in [0.25, 0.3) is 0 Å². The highest BCUT2D eigenvalue weighted by Gasteiger charge is 2.20. The van der Waals surface area contributed by atoms with E-state index in [0.717, 1.165) is 35.6 Å². The number of aromatic nitrogens is 5. The molecule has 6 nitrogen and oxygen atoms in total. The minimum atomic E-state index is 0.478. The van der Waals surface area contributed by atoms with E-state index in [1.54, 1.807) is 4.68 Å². The highest BCUT2D eigenvalue weighted by atomic mass is 15.4. The van der Waals surface area contributed by atoms with Gasteiger partial charge in [0.15, 0.2) is 0 Å². The van der Waals surface area contributed by atoms with Gasteiger partial charge in [-0.05, 0) is 37.6 Å². The van der Waals surface area contributed by atoms with Crippen molar-refractivity contribution in [3.05, 3.63) is 36.4 Å². The van der Waals surface area contributed by atoms with E-state index < -0.39 is 0 Å². The molecule has 108 valence electrons. The molecule has 21 heavy (non-hydrogen) atoms. The van der Waals surface area contributed by atoms with Gasteiger partial charge < -0.3 is 9.88 Å². The largest absolute Gasteiger partial charge is 0.316 e. The topological polar surface area (TPSA) is 60.6 Å². The maximum absolute atomic E-state index is 4.58. The molecule has 0 aliphatic carbocycles. The number of piperidine rings is 1. The van der Waals surface area contributed by atoms with Crippen LogP contribution in [0.5, 0.6) is 0 Å². The molecule has 1 aliphatic heterocycles. The first-order valence-corrected chi connectivity index (χ1v) is 7.37. The Labute approximate surface area is 122 Å². The van der Waals surface area contributed by atoms with Crippen LogP contribution in [0.3, 0.4) is 0 Å². The van der Waals surface area contributed by atoms with Gasteiger partial charge in [0.1, 0.15) is 11.3 Å². The molecule has 1 atom stereocenters. The monoisotopic (exact) mass is 282 g/mol. The third kappa shape index (κ3) is 2.12.